The van der Waals surface area contributed by atoms with E-state index in [1.165, 1.54) is 26.5 Å². The molecule has 1 aromatic heterocycles. The first-order valence-electron chi connectivity index (χ1n) is 13.2. The molecular formula is C28H32O15. The van der Waals surface area contributed by atoms with Crippen LogP contribution in [0.15, 0.2) is 45.8 Å². The third-order valence-corrected chi connectivity index (χ3v) is 7.36. The van der Waals surface area contributed by atoms with Crippen LogP contribution in [0.4, 0.5) is 0 Å². The van der Waals surface area contributed by atoms with E-state index in [1.54, 1.807) is 24.3 Å². The summed E-state index contributed by atoms with van der Waals surface area (Å²) in [5.41, 5.74) is 0.00139. The fourth-order valence-corrected chi connectivity index (χ4v) is 4.87. The van der Waals surface area contributed by atoms with Gasteiger partial charge in [0.1, 0.15) is 65.7 Å². The van der Waals surface area contributed by atoms with Crippen LogP contribution in [0.3, 0.4) is 0 Å². The number of benzene rings is 2. The maximum atomic E-state index is 13.4. The maximum Gasteiger partial charge on any atom is 0.229 e. The molecule has 0 aliphatic carbocycles. The van der Waals surface area contributed by atoms with Gasteiger partial charge in [0.25, 0.3) is 0 Å². The number of rotatable bonds is 8. The number of phenols is 1. The lowest BCUT2D eigenvalue weighted by Gasteiger charge is -2.41. The first-order valence-corrected chi connectivity index (χ1v) is 13.2. The van der Waals surface area contributed by atoms with Gasteiger partial charge in [0.2, 0.25) is 17.5 Å². The van der Waals surface area contributed by atoms with Crippen molar-refractivity contribution >= 4 is 11.0 Å². The highest BCUT2D eigenvalue weighted by Crippen LogP contribution is 2.43. The average Bonchev–Trinajstić information content (AvgIpc) is 3.00. The SMILES string of the molecule is COc1ccc(-c2coc3cc(OC4OC(COC5OCC(O)C(O)C5O)C(O)C(O)C4O)c(OC)c(O)c3c2=O)cc1. The van der Waals surface area contributed by atoms with Crippen LogP contribution >= 0.6 is 0 Å². The van der Waals surface area contributed by atoms with Gasteiger partial charge in [-0.3, -0.25) is 4.79 Å². The van der Waals surface area contributed by atoms with Crippen molar-refractivity contribution in [3.63, 3.8) is 0 Å². The Morgan fingerprint density at radius 2 is 1.58 bits per heavy atom. The summed E-state index contributed by atoms with van der Waals surface area (Å²) in [5.74, 6) is -0.572. The summed E-state index contributed by atoms with van der Waals surface area (Å²) in [4.78, 5) is 13.4. The molecule has 2 aliphatic rings. The van der Waals surface area contributed by atoms with Crippen LogP contribution in [-0.2, 0) is 14.2 Å². The molecule has 9 atom stereocenters. The van der Waals surface area contributed by atoms with Crippen molar-refractivity contribution in [3.05, 3.63) is 46.8 Å². The molecule has 2 fully saturated rings. The van der Waals surface area contributed by atoms with Crippen molar-refractivity contribution in [3.8, 4) is 34.1 Å². The fraction of sp³-hybridized carbons (Fsp3) is 0.464. The second kappa shape index (κ2) is 12.6. The minimum atomic E-state index is -1.80. The summed E-state index contributed by atoms with van der Waals surface area (Å²) < 4.78 is 38.0. The number of aromatic hydroxyl groups is 1. The van der Waals surface area contributed by atoms with Crippen LogP contribution in [0.5, 0.6) is 23.0 Å². The molecule has 0 amide bonds. The number of phenolic OH excluding ortho intramolecular Hbond substituents is 1. The van der Waals surface area contributed by atoms with E-state index >= 15 is 0 Å². The molecule has 0 spiro atoms. The molecule has 3 heterocycles. The van der Waals surface area contributed by atoms with Gasteiger partial charge in [-0.2, -0.15) is 0 Å². The molecule has 9 unspecified atom stereocenters. The Morgan fingerprint density at radius 3 is 2.26 bits per heavy atom. The number of aliphatic hydroxyl groups excluding tert-OH is 6. The van der Waals surface area contributed by atoms with Gasteiger partial charge in [0.15, 0.2) is 17.8 Å². The van der Waals surface area contributed by atoms with Crippen molar-refractivity contribution < 1.29 is 68.6 Å². The molecule has 2 aromatic carbocycles. The molecule has 5 rings (SSSR count). The third-order valence-electron chi connectivity index (χ3n) is 7.36. The van der Waals surface area contributed by atoms with Crippen molar-refractivity contribution in [1.82, 2.24) is 0 Å². The third kappa shape index (κ3) is 5.86. The Bertz CT molecular complexity index is 1470. The molecule has 3 aromatic rings. The number of hydrogen-bond donors (Lipinski definition) is 7. The largest absolute Gasteiger partial charge is 0.504 e. The van der Waals surface area contributed by atoms with E-state index in [-0.39, 0.29) is 34.6 Å². The summed E-state index contributed by atoms with van der Waals surface area (Å²) >= 11 is 0. The highest BCUT2D eigenvalue weighted by molar-refractivity contribution is 5.91. The second-order valence-electron chi connectivity index (χ2n) is 10.1. The minimum absolute atomic E-state index is 0.0921. The minimum Gasteiger partial charge on any atom is -0.504 e. The van der Waals surface area contributed by atoms with E-state index in [0.717, 1.165) is 0 Å². The predicted octanol–water partition coefficient (Wildman–Crippen LogP) is -1.18. The van der Waals surface area contributed by atoms with E-state index in [2.05, 4.69) is 0 Å². The average molecular weight is 609 g/mol. The van der Waals surface area contributed by atoms with Crippen LogP contribution in [0, 0.1) is 0 Å². The van der Waals surface area contributed by atoms with E-state index in [1.807, 2.05) is 0 Å². The number of ether oxygens (including phenoxy) is 6. The number of methoxy groups -OCH3 is 2. The summed E-state index contributed by atoms with van der Waals surface area (Å²) in [6.45, 7) is -0.828. The van der Waals surface area contributed by atoms with Crippen molar-refractivity contribution in [1.29, 1.82) is 0 Å². The highest BCUT2D eigenvalue weighted by atomic mass is 16.7. The van der Waals surface area contributed by atoms with E-state index in [4.69, 9.17) is 32.8 Å². The van der Waals surface area contributed by atoms with Crippen molar-refractivity contribution in [2.24, 2.45) is 0 Å². The zero-order valence-electron chi connectivity index (χ0n) is 23.0. The van der Waals surface area contributed by atoms with Crippen LogP contribution in [0.25, 0.3) is 22.1 Å². The maximum absolute atomic E-state index is 13.4. The van der Waals surface area contributed by atoms with Gasteiger partial charge in [-0.1, -0.05) is 12.1 Å². The summed E-state index contributed by atoms with van der Waals surface area (Å²) in [7, 11) is 2.71. The molecule has 7 N–H and O–H groups in total. The summed E-state index contributed by atoms with van der Waals surface area (Å²) in [5, 5.41) is 71.9. The molecule has 15 nitrogen and oxygen atoms in total. The van der Waals surface area contributed by atoms with Crippen LogP contribution in [0.1, 0.15) is 0 Å². The first kappa shape index (κ1) is 30.9. The Labute approximate surface area is 243 Å². The van der Waals surface area contributed by atoms with Crippen molar-refractivity contribution in [2.75, 3.05) is 27.4 Å². The van der Waals surface area contributed by atoms with Crippen LogP contribution < -0.4 is 19.6 Å². The van der Waals surface area contributed by atoms with E-state index < -0.39 is 73.1 Å². The molecule has 0 saturated carbocycles. The second-order valence-corrected chi connectivity index (χ2v) is 10.1. The van der Waals surface area contributed by atoms with E-state index in [9.17, 15) is 40.5 Å². The normalized spacial score (nSPS) is 31.1. The Kier molecular flexibility index (Phi) is 9.07. The number of aliphatic hydroxyl groups is 6. The van der Waals surface area contributed by atoms with Gasteiger partial charge < -0.3 is 68.6 Å². The van der Waals surface area contributed by atoms with Gasteiger partial charge >= 0.3 is 0 Å². The van der Waals surface area contributed by atoms with E-state index in [0.29, 0.717) is 11.3 Å². The van der Waals surface area contributed by atoms with Gasteiger partial charge in [0, 0.05) is 6.07 Å². The van der Waals surface area contributed by atoms with Gasteiger partial charge in [-0.15, -0.1) is 0 Å². The monoisotopic (exact) mass is 608 g/mol. The molecule has 234 valence electrons. The molecular weight excluding hydrogens is 576 g/mol. The molecule has 0 radical (unpaired) electrons. The Hall–Kier alpha value is -3.51. The number of hydrogen-bond acceptors (Lipinski definition) is 15. The smallest absolute Gasteiger partial charge is 0.229 e. The standard InChI is InChI=1S/C28H32O15/c1-37-12-5-3-11(4-6-12)13-8-39-15-7-16(26(38-2)22(33)18(15)19(13)30)42-28-25(36)23(34)21(32)17(43-28)10-41-27-24(35)20(31)14(29)9-40-27/h3-8,14,17,20-21,23-25,27-29,31-36H,9-10H2,1-2H3. The molecule has 0 bridgehead atoms. The lowest BCUT2D eigenvalue weighted by molar-refractivity contribution is -0.307. The summed E-state index contributed by atoms with van der Waals surface area (Å²) in [6.07, 6.45) is -12.9. The lowest BCUT2D eigenvalue weighted by Crippen LogP contribution is -2.61. The first-order chi connectivity index (χ1) is 20.5. The number of fused-ring (bicyclic) bond motifs is 1. The van der Waals surface area contributed by atoms with Gasteiger partial charge in [-0.05, 0) is 17.7 Å². The summed E-state index contributed by atoms with van der Waals surface area (Å²) in [6, 6.07) is 7.85. The predicted molar refractivity (Wildman–Crippen MR) is 144 cm³/mol. The van der Waals surface area contributed by atoms with Crippen LogP contribution in [-0.4, -0.2) is 118 Å². The quantitative estimate of drug-likeness (QED) is 0.160. The zero-order valence-corrected chi connectivity index (χ0v) is 23.0. The van der Waals surface area contributed by atoms with Crippen molar-refractivity contribution in [2.45, 2.75) is 55.3 Å². The molecule has 43 heavy (non-hydrogen) atoms. The van der Waals surface area contributed by atoms with Crippen LogP contribution in [0.2, 0.25) is 0 Å². The Balaban J connectivity index is 1.39. The lowest BCUT2D eigenvalue weighted by atomic mass is 9.99. The highest BCUT2D eigenvalue weighted by Gasteiger charge is 2.47. The molecule has 2 aliphatic heterocycles. The molecule has 2 saturated heterocycles. The zero-order chi connectivity index (χ0) is 31.0. The van der Waals surface area contributed by atoms with Gasteiger partial charge in [0.05, 0.1) is 33.0 Å². The Morgan fingerprint density at radius 1 is 0.884 bits per heavy atom. The fourth-order valence-electron chi connectivity index (χ4n) is 4.87. The topological polar surface area (TPSA) is 227 Å². The molecule has 15 heteroatoms. The van der Waals surface area contributed by atoms with Gasteiger partial charge in [-0.25, -0.2) is 0 Å².